The minimum atomic E-state index is -0.384. The highest BCUT2D eigenvalue weighted by molar-refractivity contribution is 6.03. The largest absolute Gasteiger partial charge is 0.348 e. The molecule has 1 aliphatic carbocycles. The molecule has 1 saturated carbocycles. The molecule has 0 aromatic carbocycles. The minimum absolute atomic E-state index is 0.0400. The molecule has 3 heteroatoms. The Balaban J connectivity index is 2.80. The van der Waals surface area contributed by atoms with Gasteiger partial charge in [0.2, 0.25) is 5.91 Å². The molecule has 0 aliphatic heterocycles. The van der Waals surface area contributed by atoms with E-state index in [4.69, 9.17) is 0 Å². The highest BCUT2D eigenvalue weighted by Crippen LogP contribution is 2.34. The molecule has 0 aromatic rings. The van der Waals surface area contributed by atoms with Crippen LogP contribution in [0, 0.1) is 17.8 Å². The number of ketones is 1. The van der Waals surface area contributed by atoms with Crippen LogP contribution in [0.15, 0.2) is 0 Å². The van der Waals surface area contributed by atoms with Gasteiger partial charge in [-0.2, -0.15) is 0 Å². The summed E-state index contributed by atoms with van der Waals surface area (Å²) in [6.45, 7) is 4.02. The fourth-order valence-electron chi connectivity index (χ4n) is 1.89. The van der Waals surface area contributed by atoms with E-state index in [1.807, 2.05) is 13.8 Å². The Kier molecular flexibility index (Phi) is 2.74. The van der Waals surface area contributed by atoms with E-state index in [1.54, 1.807) is 14.1 Å². The lowest BCUT2D eigenvalue weighted by molar-refractivity contribution is -0.139. The molecule has 0 heterocycles. The first-order valence-corrected chi connectivity index (χ1v) is 4.69. The average Bonchev–Trinajstić information content (AvgIpc) is 2.26. The van der Waals surface area contributed by atoms with Gasteiger partial charge in [-0.3, -0.25) is 9.59 Å². The molecule has 1 amide bonds. The van der Waals surface area contributed by atoms with Crippen LogP contribution in [-0.2, 0) is 9.59 Å². The Labute approximate surface area is 79.1 Å². The molecule has 74 valence electrons. The topological polar surface area (TPSA) is 37.4 Å². The van der Waals surface area contributed by atoms with Crippen molar-refractivity contribution >= 4 is 11.7 Å². The van der Waals surface area contributed by atoms with Crippen molar-refractivity contribution in [1.29, 1.82) is 0 Å². The van der Waals surface area contributed by atoms with Gasteiger partial charge in [-0.15, -0.1) is 0 Å². The predicted molar refractivity (Wildman–Crippen MR) is 50.1 cm³/mol. The van der Waals surface area contributed by atoms with E-state index < -0.39 is 0 Å². The van der Waals surface area contributed by atoms with E-state index in [1.165, 1.54) is 4.90 Å². The van der Waals surface area contributed by atoms with Gasteiger partial charge in [0.05, 0.1) is 5.92 Å². The molecule has 13 heavy (non-hydrogen) atoms. The lowest BCUT2D eigenvalue weighted by Crippen LogP contribution is -2.35. The number of hydrogen-bond acceptors (Lipinski definition) is 2. The van der Waals surface area contributed by atoms with Crippen LogP contribution in [0.4, 0.5) is 0 Å². The molecule has 0 radical (unpaired) electrons. The van der Waals surface area contributed by atoms with Crippen molar-refractivity contribution in [3.63, 3.8) is 0 Å². The second kappa shape index (κ2) is 3.48. The van der Waals surface area contributed by atoms with E-state index in [0.29, 0.717) is 12.3 Å². The van der Waals surface area contributed by atoms with Crippen molar-refractivity contribution in [2.45, 2.75) is 20.3 Å². The zero-order valence-electron chi connectivity index (χ0n) is 8.70. The first kappa shape index (κ1) is 10.2. The average molecular weight is 183 g/mol. The van der Waals surface area contributed by atoms with Gasteiger partial charge in [0.1, 0.15) is 5.78 Å². The van der Waals surface area contributed by atoms with Crippen LogP contribution in [0.25, 0.3) is 0 Å². The normalized spacial score (nSPS) is 33.5. The van der Waals surface area contributed by atoms with Crippen molar-refractivity contribution in [3.05, 3.63) is 0 Å². The van der Waals surface area contributed by atoms with Crippen LogP contribution in [-0.4, -0.2) is 30.7 Å². The Bertz CT molecular complexity index is 235. The number of hydrogen-bond donors (Lipinski definition) is 0. The maximum Gasteiger partial charge on any atom is 0.232 e. The van der Waals surface area contributed by atoms with Crippen LogP contribution in [0.5, 0.6) is 0 Å². The van der Waals surface area contributed by atoms with Crippen molar-refractivity contribution in [3.8, 4) is 0 Å². The zero-order valence-corrected chi connectivity index (χ0v) is 8.70. The number of Topliss-reactive ketones (excluding diaryl/α,β-unsaturated/α-hetero) is 1. The molecule has 0 N–H and O–H groups in total. The number of rotatable bonds is 1. The molecule has 0 saturated heterocycles. The molecule has 3 nitrogen and oxygen atoms in total. The Morgan fingerprint density at radius 1 is 1.38 bits per heavy atom. The Hall–Kier alpha value is -0.860. The third-order valence-corrected chi connectivity index (χ3v) is 3.00. The van der Waals surface area contributed by atoms with Gasteiger partial charge in [0, 0.05) is 20.5 Å². The summed E-state index contributed by atoms with van der Waals surface area (Å²) < 4.78 is 0. The summed E-state index contributed by atoms with van der Waals surface area (Å²) in [6.07, 6.45) is 0.561. The molecule has 0 aromatic heterocycles. The lowest BCUT2D eigenvalue weighted by Gasteiger charge is -2.19. The molecular formula is C10H17NO2. The SMILES string of the molecule is C[C@H]1[C@H](C(=O)N(C)C)C(=O)C[C@@H]1C. The van der Waals surface area contributed by atoms with Crippen molar-refractivity contribution < 1.29 is 9.59 Å². The second-order valence-electron chi connectivity index (χ2n) is 4.22. The molecule has 1 rings (SSSR count). The van der Waals surface area contributed by atoms with Crippen LogP contribution >= 0.6 is 0 Å². The van der Waals surface area contributed by atoms with E-state index in [-0.39, 0.29) is 23.5 Å². The monoisotopic (exact) mass is 183 g/mol. The van der Waals surface area contributed by atoms with Gasteiger partial charge >= 0.3 is 0 Å². The Morgan fingerprint density at radius 2 is 1.92 bits per heavy atom. The highest BCUT2D eigenvalue weighted by Gasteiger charge is 2.42. The fourth-order valence-corrected chi connectivity index (χ4v) is 1.89. The smallest absolute Gasteiger partial charge is 0.232 e. The summed E-state index contributed by atoms with van der Waals surface area (Å²) in [6, 6.07) is 0. The molecule has 0 unspecified atom stereocenters. The van der Waals surface area contributed by atoms with Crippen molar-refractivity contribution in [1.82, 2.24) is 4.90 Å². The zero-order chi connectivity index (χ0) is 10.2. The summed E-state index contributed by atoms with van der Waals surface area (Å²) >= 11 is 0. The molecule has 0 bridgehead atoms. The summed E-state index contributed by atoms with van der Waals surface area (Å²) in [7, 11) is 3.40. The van der Waals surface area contributed by atoms with Gasteiger partial charge in [-0.25, -0.2) is 0 Å². The van der Waals surface area contributed by atoms with E-state index in [9.17, 15) is 9.59 Å². The molecule has 0 spiro atoms. The van der Waals surface area contributed by atoms with E-state index >= 15 is 0 Å². The molecule has 1 fully saturated rings. The van der Waals surface area contributed by atoms with Gasteiger partial charge in [0.25, 0.3) is 0 Å². The maximum atomic E-state index is 11.6. The summed E-state index contributed by atoms with van der Waals surface area (Å²) in [5, 5.41) is 0. The van der Waals surface area contributed by atoms with Crippen LogP contribution in [0.3, 0.4) is 0 Å². The highest BCUT2D eigenvalue weighted by atomic mass is 16.2. The summed E-state index contributed by atoms with van der Waals surface area (Å²) in [4.78, 5) is 24.6. The lowest BCUT2D eigenvalue weighted by atomic mass is 9.91. The quantitative estimate of drug-likeness (QED) is 0.567. The van der Waals surface area contributed by atoms with Crippen molar-refractivity contribution in [2.24, 2.45) is 17.8 Å². The number of amides is 1. The first-order chi connectivity index (χ1) is 5.95. The third kappa shape index (κ3) is 1.74. The van der Waals surface area contributed by atoms with Gasteiger partial charge in [0.15, 0.2) is 0 Å². The number of nitrogens with zero attached hydrogens (tertiary/aromatic N) is 1. The second-order valence-corrected chi connectivity index (χ2v) is 4.22. The van der Waals surface area contributed by atoms with Crippen LogP contribution in [0.2, 0.25) is 0 Å². The first-order valence-electron chi connectivity index (χ1n) is 4.69. The standard InChI is InChI=1S/C10H17NO2/c1-6-5-8(12)9(7(6)2)10(13)11(3)4/h6-7,9H,5H2,1-4H3/t6-,7+,9-/m0/s1. The third-order valence-electron chi connectivity index (χ3n) is 3.00. The molecule has 1 aliphatic rings. The van der Waals surface area contributed by atoms with Gasteiger partial charge < -0.3 is 4.90 Å². The number of carbonyl (C=O) groups excluding carboxylic acids is 2. The minimum Gasteiger partial charge on any atom is -0.348 e. The molecular weight excluding hydrogens is 166 g/mol. The maximum absolute atomic E-state index is 11.6. The van der Waals surface area contributed by atoms with E-state index in [0.717, 1.165) is 0 Å². The Morgan fingerprint density at radius 3 is 2.23 bits per heavy atom. The molecule has 3 atom stereocenters. The van der Waals surface area contributed by atoms with E-state index in [2.05, 4.69) is 0 Å². The predicted octanol–water partition coefficient (Wildman–Crippen LogP) is 0.936. The fraction of sp³-hybridized carbons (Fsp3) is 0.800. The van der Waals surface area contributed by atoms with Crippen LogP contribution in [0.1, 0.15) is 20.3 Å². The number of carbonyl (C=O) groups is 2. The van der Waals surface area contributed by atoms with Crippen molar-refractivity contribution in [2.75, 3.05) is 14.1 Å². The van der Waals surface area contributed by atoms with Crippen LogP contribution < -0.4 is 0 Å². The summed E-state index contributed by atoms with van der Waals surface area (Å²) in [5.41, 5.74) is 0. The summed E-state index contributed by atoms with van der Waals surface area (Å²) in [5.74, 6) is 0.231. The van der Waals surface area contributed by atoms with Gasteiger partial charge in [-0.05, 0) is 11.8 Å². The van der Waals surface area contributed by atoms with Gasteiger partial charge in [-0.1, -0.05) is 13.8 Å².